The quantitative estimate of drug-likeness (QED) is 0.698. The first-order valence-electron chi connectivity index (χ1n) is 6.89. The Morgan fingerprint density at radius 3 is 2.67 bits per heavy atom. The minimum Gasteiger partial charge on any atom is -0.310 e. The van der Waals surface area contributed by atoms with Crippen LogP contribution in [0.2, 0.25) is 0 Å². The zero-order chi connectivity index (χ0) is 13.0. The highest BCUT2D eigenvalue weighted by Gasteiger charge is 2.23. The van der Waals surface area contributed by atoms with Gasteiger partial charge in [0, 0.05) is 15.0 Å². The maximum atomic E-state index is 3.70. The normalized spacial score (nSPS) is 17.5. The Bertz CT molecular complexity index is 388. The van der Waals surface area contributed by atoms with Gasteiger partial charge in [0.1, 0.15) is 0 Å². The Morgan fingerprint density at radius 2 is 2.11 bits per heavy atom. The van der Waals surface area contributed by atoms with Crippen molar-refractivity contribution in [1.29, 1.82) is 0 Å². The fraction of sp³-hybridized carbons (Fsp3) is 0.600. The van der Waals surface area contributed by atoms with Crippen molar-refractivity contribution in [1.82, 2.24) is 5.32 Å². The van der Waals surface area contributed by atoms with Crippen LogP contribution in [0.4, 0.5) is 0 Å². The van der Waals surface area contributed by atoms with Crippen LogP contribution >= 0.6 is 31.9 Å². The zero-order valence-electron chi connectivity index (χ0n) is 10.9. The van der Waals surface area contributed by atoms with Crippen LogP contribution < -0.4 is 5.32 Å². The van der Waals surface area contributed by atoms with Gasteiger partial charge in [0.05, 0.1) is 0 Å². The third-order valence-corrected chi connectivity index (χ3v) is 4.95. The van der Waals surface area contributed by atoms with Gasteiger partial charge in [-0.05, 0) is 43.0 Å². The summed E-state index contributed by atoms with van der Waals surface area (Å²) >= 11 is 7.22. The molecule has 1 unspecified atom stereocenters. The molecule has 1 atom stereocenters. The Kier molecular flexibility index (Phi) is 5.71. The number of rotatable bonds is 6. The number of hydrogen-bond acceptors (Lipinski definition) is 1. The molecule has 1 aliphatic rings. The van der Waals surface area contributed by atoms with Crippen molar-refractivity contribution < 1.29 is 0 Å². The summed E-state index contributed by atoms with van der Waals surface area (Å²) in [5, 5.41) is 3.70. The summed E-state index contributed by atoms with van der Waals surface area (Å²) < 4.78 is 2.35. The van der Waals surface area contributed by atoms with Gasteiger partial charge in [-0.15, -0.1) is 0 Å². The first-order chi connectivity index (χ1) is 8.70. The second kappa shape index (κ2) is 7.06. The molecule has 0 aromatic heterocycles. The van der Waals surface area contributed by atoms with E-state index in [-0.39, 0.29) is 0 Å². The second-order valence-electron chi connectivity index (χ2n) is 5.21. The van der Waals surface area contributed by atoms with E-state index in [1.54, 1.807) is 0 Å². The summed E-state index contributed by atoms with van der Waals surface area (Å²) in [5.74, 6) is 0.926. The molecule has 0 radical (unpaired) electrons. The lowest BCUT2D eigenvalue weighted by molar-refractivity contribution is 0.261. The van der Waals surface area contributed by atoms with Crippen LogP contribution in [0.5, 0.6) is 0 Å². The van der Waals surface area contributed by atoms with Gasteiger partial charge in [0.25, 0.3) is 0 Å². The van der Waals surface area contributed by atoms with Gasteiger partial charge in [-0.1, -0.05) is 64.1 Å². The molecule has 3 heteroatoms. The molecule has 1 fully saturated rings. The maximum Gasteiger partial charge on any atom is 0.0334 e. The van der Waals surface area contributed by atoms with Gasteiger partial charge in [0.2, 0.25) is 0 Å². The SMILES string of the molecule is CCCNC(CC1CCC1)c1ccc(Br)cc1Br. The second-order valence-corrected chi connectivity index (χ2v) is 6.98. The van der Waals surface area contributed by atoms with E-state index in [9.17, 15) is 0 Å². The molecule has 0 aliphatic heterocycles. The van der Waals surface area contributed by atoms with Gasteiger partial charge in [0.15, 0.2) is 0 Å². The molecule has 0 amide bonds. The van der Waals surface area contributed by atoms with Crippen LogP contribution in [0.25, 0.3) is 0 Å². The Labute approximate surface area is 127 Å². The molecular formula is C15H21Br2N. The summed E-state index contributed by atoms with van der Waals surface area (Å²) in [6.07, 6.45) is 6.72. The van der Waals surface area contributed by atoms with E-state index >= 15 is 0 Å². The number of halogens is 2. The lowest BCUT2D eigenvalue weighted by Crippen LogP contribution is -2.27. The molecular weight excluding hydrogens is 354 g/mol. The molecule has 0 heterocycles. The van der Waals surface area contributed by atoms with Crippen molar-refractivity contribution >= 4 is 31.9 Å². The fourth-order valence-electron chi connectivity index (χ4n) is 2.48. The van der Waals surface area contributed by atoms with Crippen LogP contribution in [0.15, 0.2) is 27.1 Å². The number of hydrogen-bond donors (Lipinski definition) is 1. The van der Waals surface area contributed by atoms with Crippen molar-refractivity contribution in [2.45, 2.75) is 45.1 Å². The zero-order valence-corrected chi connectivity index (χ0v) is 14.1. The van der Waals surface area contributed by atoms with Crippen molar-refractivity contribution in [3.8, 4) is 0 Å². The van der Waals surface area contributed by atoms with Gasteiger partial charge in [-0.25, -0.2) is 0 Å². The van der Waals surface area contributed by atoms with Crippen LogP contribution in [0.3, 0.4) is 0 Å². The molecule has 1 saturated carbocycles. The molecule has 1 aromatic carbocycles. The topological polar surface area (TPSA) is 12.0 Å². The molecule has 2 rings (SSSR count). The largest absolute Gasteiger partial charge is 0.310 e. The third kappa shape index (κ3) is 3.82. The van der Waals surface area contributed by atoms with E-state index in [0.717, 1.165) is 16.9 Å². The molecule has 1 N–H and O–H groups in total. The van der Waals surface area contributed by atoms with Crippen molar-refractivity contribution in [2.75, 3.05) is 6.54 Å². The van der Waals surface area contributed by atoms with Crippen LogP contribution in [0.1, 0.15) is 50.6 Å². The Morgan fingerprint density at radius 1 is 1.33 bits per heavy atom. The first-order valence-corrected chi connectivity index (χ1v) is 8.47. The standard InChI is InChI=1S/C15H21Br2N/c1-2-8-18-15(9-11-4-3-5-11)13-7-6-12(16)10-14(13)17/h6-7,10-11,15,18H,2-5,8-9H2,1H3. The minimum absolute atomic E-state index is 0.498. The predicted molar refractivity (Wildman–Crippen MR) is 84.8 cm³/mol. The highest BCUT2D eigenvalue weighted by Crippen LogP contribution is 2.37. The average molecular weight is 375 g/mol. The number of nitrogens with one attached hydrogen (secondary N) is 1. The Balaban J connectivity index is 2.09. The van der Waals surface area contributed by atoms with E-state index in [1.807, 2.05) is 0 Å². The maximum absolute atomic E-state index is 3.70. The summed E-state index contributed by atoms with van der Waals surface area (Å²) in [7, 11) is 0. The van der Waals surface area contributed by atoms with E-state index in [4.69, 9.17) is 0 Å². The lowest BCUT2D eigenvalue weighted by atomic mass is 9.79. The molecule has 100 valence electrons. The fourth-order valence-corrected chi connectivity index (χ4v) is 3.81. The van der Waals surface area contributed by atoms with Crippen molar-refractivity contribution in [3.05, 3.63) is 32.7 Å². The third-order valence-electron chi connectivity index (χ3n) is 3.77. The van der Waals surface area contributed by atoms with Crippen molar-refractivity contribution in [3.63, 3.8) is 0 Å². The molecule has 0 spiro atoms. The predicted octanol–water partition coefficient (Wildman–Crippen LogP) is 5.44. The van der Waals surface area contributed by atoms with E-state index < -0.39 is 0 Å². The first kappa shape index (κ1) is 14.5. The van der Waals surface area contributed by atoms with Gasteiger partial charge >= 0.3 is 0 Å². The molecule has 1 aliphatic carbocycles. The van der Waals surface area contributed by atoms with Gasteiger partial charge in [-0.3, -0.25) is 0 Å². The molecule has 1 aromatic rings. The number of benzene rings is 1. The monoisotopic (exact) mass is 373 g/mol. The van der Waals surface area contributed by atoms with Crippen LogP contribution in [-0.4, -0.2) is 6.54 Å². The van der Waals surface area contributed by atoms with E-state index in [0.29, 0.717) is 6.04 Å². The van der Waals surface area contributed by atoms with Crippen molar-refractivity contribution in [2.24, 2.45) is 5.92 Å². The Hall–Kier alpha value is 0.140. The molecule has 0 bridgehead atoms. The molecule has 0 saturated heterocycles. The average Bonchev–Trinajstić information content (AvgIpc) is 2.28. The minimum atomic E-state index is 0.498. The molecule has 18 heavy (non-hydrogen) atoms. The summed E-state index contributed by atoms with van der Waals surface area (Å²) in [6.45, 7) is 3.32. The highest BCUT2D eigenvalue weighted by atomic mass is 79.9. The van der Waals surface area contributed by atoms with Gasteiger partial charge in [-0.2, -0.15) is 0 Å². The van der Waals surface area contributed by atoms with Gasteiger partial charge < -0.3 is 5.32 Å². The van der Waals surface area contributed by atoms with E-state index in [2.05, 4.69) is 62.3 Å². The van der Waals surface area contributed by atoms with E-state index in [1.165, 1.54) is 42.1 Å². The summed E-state index contributed by atoms with van der Waals surface area (Å²) in [4.78, 5) is 0. The van der Waals surface area contributed by atoms with Crippen LogP contribution in [0, 0.1) is 5.92 Å². The lowest BCUT2D eigenvalue weighted by Gasteiger charge is -2.31. The summed E-state index contributed by atoms with van der Waals surface area (Å²) in [6, 6.07) is 7.02. The highest BCUT2D eigenvalue weighted by molar-refractivity contribution is 9.11. The molecule has 1 nitrogen and oxygen atoms in total. The summed E-state index contributed by atoms with van der Waals surface area (Å²) in [5.41, 5.74) is 1.40. The van der Waals surface area contributed by atoms with Crippen LogP contribution in [-0.2, 0) is 0 Å². The smallest absolute Gasteiger partial charge is 0.0334 e.